The monoisotopic (exact) mass is 324 g/mol. The number of nitrogens with zero attached hydrogens (tertiary/aromatic N) is 1. The minimum Gasteiger partial charge on any atom is -0.494 e. The van der Waals surface area contributed by atoms with E-state index in [1.807, 2.05) is 6.92 Å². The average Bonchev–Trinajstić information content (AvgIpc) is 2.47. The van der Waals surface area contributed by atoms with Crippen LogP contribution in [0.15, 0.2) is 34.3 Å². The molecule has 1 saturated carbocycles. The number of nitrogens with one attached hydrogen (secondary N) is 1. The van der Waals surface area contributed by atoms with Gasteiger partial charge >= 0.3 is 0 Å². The van der Waals surface area contributed by atoms with Crippen LogP contribution in [0, 0.1) is 11.8 Å². The van der Waals surface area contributed by atoms with Crippen LogP contribution in [0.5, 0.6) is 5.75 Å². The number of benzene rings is 1. The molecule has 1 aromatic carbocycles. The molecular weight excluding hydrogens is 300 g/mol. The summed E-state index contributed by atoms with van der Waals surface area (Å²) in [6.07, 6.45) is 3.30. The molecule has 1 fully saturated rings. The lowest BCUT2D eigenvalue weighted by molar-refractivity contribution is 0.340. The van der Waals surface area contributed by atoms with Gasteiger partial charge in [-0.3, -0.25) is 0 Å². The normalized spacial score (nSPS) is 24.2. The molecule has 1 aliphatic carbocycles. The van der Waals surface area contributed by atoms with Crippen LogP contribution in [0.2, 0.25) is 0 Å². The number of hydrogen-bond donors (Lipinski definition) is 1. The maximum absolute atomic E-state index is 12.3. The van der Waals surface area contributed by atoms with Crippen LogP contribution in [0.25, 0.3) is 0 Å². The van der Waals surface area contributed by atoms with Gasteiger partial charge in [-0.2, -0.15) is 13.5 Å². The number of sulfonamides is 1. The summed E-state index contributed by atoms with van der Waals surface area (Å²) in [7, 11) is -3.63. The van der Waals surface area contributed by atoms with Crippen molar-refractivity contribution in [2.45, 2.75) is 44.9 Å². The summed E-state index contributed by atoms with van der Waals surface area (Å²) in [6, 6.07) is 6.36. The largest absolute Gasteiger partial charge is 0.494 e. The van der Waals surface area contributed by atoms with Gasteiger partial charge in [-0.15, -0.1) is 0 Å². The van der Waals surface area contributed by atoms with E-state index in [2.05, 4.69) is 23.8 Å². The van der Waals surface area contributed by atoms with Crippen LogP contribution in [0.1, 0.15) is 40.0 Å². The summed E-state index contributed by atoms with van der Waals surface area (Å²) in [5.41, 5.74) is 0.945. The lowest BCUT2D eigenvalue weighted by Gasteiger charge is -2.26. The number of ether oxygens (including phenoxy) is 1. The zero-order chi connectivity index (χ0) is 16.2. The Balaban J connectivity index is 2.13. The van der Waals surface area contributed by atoms with Gasteiger partial charge in [0.25, 0.3) is 10.0 Å². The maximum atomic E-state index is 12.3. The van der Waals surface area contributed by atoms with Crippen molar-refractivity contribution in [3.8, 4) is 5.75 Å². The summed E-state index contributed by atoms with van der Waals surface area (Å²) in [5, 5.41) is 4.20. The topological polar surface area (TPSA) is 67.8 Å². The van der Waals surface area contributed by atoms with Crippen LogP contribution in [0.4, 0.5) is 0 Å². The summed E-state index contributed by atoms with van der Waals surface area (Å²) in [5.74, 6) is 1.31. The van der Waals surface area contributed by atoms with Gasteiger partial charge in [0.15, 0.2) is 0 Å². The molecule has 6 heteroatoms. The summed E-state index contributed by atoms with van der Waals surface area (Å²) < 4.78 is 29.9. The minimum absolute atomic E-state index is 0.191. The Labute approximate surface area is 132 Å². The van der Waals surface area contributed by atoms with Crippen molar-refractivity contribution in [1.29, 1.82) is 0 Å². The van der Waals surface area contributed by atoms with Gasteiger partial charge < -0.3 is 4.74 Å². The predicted molar refractivity (Wildman–Crippen MR) is 87.5 cm³/mol. The van der Waals surface area contributed by atoms with Gasteiger partial charge in [-0.25, -0.2) is 4.83 Å². The van der Waals surface area contributed by atoms with E-state index in [4.69, 9.17) is 4.74 Å². The van der Waals surface area contributed by atoms with E-state index in [-0.39, 0.29) is 4.90 Å². The highest BCUT2D eigenvalue weighted by atomic mass is 32.2. The summed E-state index contributed by atoms with van der Waals surface area (Å²) >= 11 is 0. The Bertz CT molecular complexity index is 611. The van der Waals surface area contributed by atoms with E-state index >= 15 is 0 Å². The van der Waals surface area contributed by atoms with Gasteiger partial charge in [-0.1, -0.05) is 20.3 Å². The molecule has 1 aliphatic rings. The van der Waals surface area contributed by atoms with Crippen molar-refractivity contribution in [3.63, 3.8) is 0 Å². The molecule has 2 rings (SSSR count). The first kappa shape index (κ1) is 16.8. The van der Waals surface area contributed by atoms with Crippen LogP contribution in [-0.2, 0) is 10.0 Å². The van der Waals surface area contributed by atoms with Crippen LogP contribution in [0.3, 0.4) is 0 Å². The third-order valence-electron chi connectivity index (χ3n) is 4.02. The van der Waals surface area contributed by atoms with Crippen LogP contribution >= 0.6 is 0 Å². The van der Waals surface area contributed by atoms with Crippen LogP contribution < -0.4 is 9.57 Å². The van der Waals surface area contributed by atoms with Gasteiger partial charge in [0, 0.05) is 5.71 Å². The second-order valence-electron chi connectivity index (χ2n) is 5.77. The molecule has 1 aromatic rings. The van der Waals surface area contributed by atoms with Gasteiger partial charge in [-0.05, 0) is 55.9 Å². The molecule has 0 radical (unpaired) electrons. The van der Waals surface area contributed by atoms with Crippen LogP contribution in [-0.4, -0.2) is 20.7 Å². The van der Waals surface area contributed by atoms with Gasteiger partial charge in [0.1, 0.15) is 5.75 Å². The third kappa shape index (κ3) is 4.00. The molecular formula is C16H24N2O3S. The van der Waals surface area contributed by atoms with Crippen molar-refractivity contribution >= 4 is 15.7 Å². The first-order valence-electron chi connectivity index (χ1n) is 7.76. The molecule has 0 amide bonds. The Morgan fingerprint density at radius 1 is 1.18 bits per heavy atom. The first-order chi connectivity index (χ1) is 10.4. The Kier molecular flexibility index (Phi) is 5.45. The average molecular weight is 324 g/mol. The molecule has 2 atom stereocenters. The van der Waals surface area contributed by atoms with Crippen molar-refractivity contribution in [2.24, 2.45) is 16.9 Å². The summed E-state index contributed by atoms with van der Waals surface area (Å²) in [4.78, 5) is 2.57. The molecule has 0 bridgehead atoms. The smallest absolute Gasteiger partial charge is 0.276 e. The number of rotatable bonds is 5. The Hall–Kier alpha value is -1.56. The third-order valence-corrected chi connectivity index (χ3v) is 5.25. The fourth-order valence-electron chi connectivity index (χ4n) is 2.78. The molecule has 22 heavy (non-hydrogen) atoms. The van der Waals surface area contributed by atoms with E-state index in [9.17, 15) is 8.42 Å². The van der Waals surface area contributed by atoms with Crippen molar-refractivity contribution < 1.29 is 13.2 Å². The molecule has 0 spiro atoms. The Morgan fingerprint density at radius 2 is 1.77 bits per heavy atom. The highest BCUT2D eigenvalue weighted by molar-refractivity contribution is 7.89. The molecule has 0 saturated heterocycles. The van der Waals surface area contributed by atoms with Crippen molar-refractivity contribution in [3.05, 3.63) is 24.3 Å². The molecule has 0 unspecified atom stereocenters. The van der Waals surface area contributed by atoms with Crippen molar-refractivity contribution in [1.82, 2.24) is 4.83 Å². The Morgan fingerprint density at radius 3 is 2.32 bits per heavy atom. The lowest BCUT2D eigenvalue weighted by Crippen LogP contribution is -2.29. The highest BCUT2D eigenvalue weighted by Gasteiger charge is 2.24. The fraction of sp³-hybridized carbons (Fsp3) is 0.562. The summed E-state index contributed by atoms with van der Waals surface area (Å²) in [6.45, 7) is 6.63. The molecule has 122 valence electrons. The predicted octanol–water partition coefficient (Wildman–Crippen LogP) is 3.18. The molecule has 0 heterocycles. The van der Waals surface area contributed by atoms with Gasteiger partial charge in [0.2, 0.25) is 0 Å². The SMILES string of the molecule is CCOc1ccc(S(=O)(=O)NN=C2[C@H](C)CCC[C@@H]2C)cc1. The highest BCUT2D eigenvalue weighted by Crippen LogP contribution is 2.26. The van der Waals surface area contributed by atoms with E-state index in [1.54, 1.807) is 12.1 Å². The zero-order valence-electron chi connectivity index (χ0n) is 13.4. The van der Waals surface area contributed by atoms with E-state index in [1.165, 1.54) is 18.6 Å². The quantitative estimate of drug-likeness (QED) is 0.846. The molecule has 5 nitrogen and oxygen atoms in total. The second-order valence-corrected chi connectivity index (χ2v) is 7.43. The number of hydrogen-bond acceptors (Lipinski definition) is 4. The van der Waals surface area contributed by atoms with Gasteiger partial charge in [0.05, 0.1) is 11.5 Å². The standard InChI is InChI=1S/C16H24N2O3S/c1-4-21-14-8-10-15(11-9-14)22(19,20)18-17-16-12(2)6-5-7-13(16)3/h8-13,18H,4-7H2,1-3H3/t12-,13+. The first-order valence-corrected chi connectivity index (χ1v) is 9.24. The fourth-order valence-corrected chi connectivity index (χ4v) is 3.60. The maximum Gasteiger partial charge on any atom is 0.276 e. The second kappa shape index (κ2) is 7.13. The van der Waals surface area contributed by atoms with E-state index in [0.29, 0.717) is 24.2 Å². The molecule has 1 N–H and O–H groups in total. The van der Waals surface area contributed by atoms with E-state index < -0.39 is 10.0 Å². The zero-order valence-corrected chi connectivity index (χ0v) is 14.2. The van der Waals surface area contributed by atoms with E-state index in [0.717, 1.165) is 18.6 Å². The number of hydrazone groups is 1. The lowest BCUT2D eigenvalue weighted by atomic mass is 9.81. The molecule has 0 aromatic heterocycles. The molecule has 0 aliphatic heterocycles. The minimum atomic E-state index is -3.63. The van der Waals surface area contributed by atoms with Crippen molar-refractivity contribution in [2.75, 3.05) is 6.61 Å².